The summed E-state index contributed by atoms with van der Waals surface area (Å²) in [6.45, 7) is 7.28. The van der Waals surface area contributed by atoms with Crippen LogP contribution in [0.25, 0.3) is 0 Å². The summed E-state index contributed by atoms with van der Waals surface area (Å²) in [6, 6.07) is 17.2. The van der Waals surface area contributed by atoms with E-state index in [-0.39, 0.29) is 121 Å². The van der Waals surface area contributed by atoms with E-state index in [4.69, 9.17) is 71.1 Å². The first-order chi connectivity index (χ1) is 40.6. The third-order valence-corrected chi connectivity index (χ3v) is 13.5. The SMILES string of the molecule is CC(OC(=O)O[C@@H]1C[C@@H](C)O[C@H]1CO)c1cc2c(cc1[N+](=O)[O-])OCO2.COc1cc(C(C)OC(=O)O[C@@H]2C[C@@H](C)O[C@H]2CO)c([N+](=O)[O-])cc1OCc1ccccc1.COc1cc(COC(=O)O[C@@H]2C[C@@H](C)O[C@H]2CO)c([N+](=O)[O-])cc1OC. The number of hydrogen-bond donors (Lipinski definition) is 3. The van der Waals surface area contributed by atoms with Crippen LogP contribution in [0, 0.1) is 30.3 Å². The predicted molar refractivity (Wildman–Crippen MR) is 289 cm³/mol. The van der Waals surface area contributed by atoms with E-state index in [0.717, 1.165) is 5.56 Å². The van der Waals surface area contributed by atoms with Crippen LogP contribution in [0.2, 0.25) is 0 Å². The lowest BCUT2D eigenvalue weighted by Gasteiger charge is -2.20. The highest BCUT2D eigenvalue weighted by Crippen LogP contribution is 2.42. The lowest BCUT2D eigenvalue weighted by Crippen LogP contribution is -2.30. The number of nitro groups is 3. The predicted octanol–water partition coefficient (Wildman–Crippen LogP) is 7.81. The Morgan fingerprint density at radius 2 is 0.965 bits per heavy atom. The second kappa shape index (κ2) is 30.8. The molecular weight excluding hydrogens is 1130 g/mol. The number of ether oxygens (including phenoxy) is 15. The molecule has 3 N–H and O–H groups in total. The number of carbonyl (C=O) groups excluding carboxylic acids is 3. The summed E-state index contributed by atoms with van der Waals surface area (Å²) in [7, 11) is 4.16. The van der Waals surface area contributed by atoms with E-state index < -0.39 is 82.1 Å². The van der Waals surface area contributed by atoms with Gasteiger partial charge in [0, 0.05) is 19.3 Å². The molecule has 2 unspecified atom stereocenters. The van der Waals surface area contributed by atoms with E-state index in [9.17, 15) is 60.0 Å². The van der Waals surface area contributed by atoms with E-state index in [1.165, 1.54) is 71.6 Å². The van der Waals surface area contributed by atoms with Crippen LogP contribution in [-0.2, 0) is 55.8 Å². The zero-order valence-electron chi connectivity index (χ0n) is 47.5. The molecule has 4 aliphatic heterocycles. The highest BCUT2D eigenvalue weighted by atomic mass is 16.8. The van der Waals surface area contributed by atoms with Gasteiger partial charge in [0.1, 0.15) is 62.0 Å². The van der Waals surface area contributed by atoms with Crippen molar-refractivity contribution in [2.24, 2.45) is 0 Å². The number of hydrogen-bond acceptors (Lipinski definition) is 27. The van der Waals surface area contributed by atoms with Crippen LogP contribution in [0.1, 0.15) is 88.3 Å². The van der Waals surface area contributed by atoms with E-state index in [1.54, 1.807) is 20.8 Å². The molecule has 0 aromatic heterocycles. The molecule has 30 heteroatoms. The lowest BCUT2D eigenvalue weighted by atomic mass is 10.1. The molecule has 0 radical (unpaired) electrons. The first-order valence-corrected chi connectivity index (χ1v) is 26.5. The van der Waals surface area contributed by atoms with Crippen molar-refractivity contribution in [2.45, 2.75) is 134 Å². The molecule has 3 saturated heterocycles. The highest BCUT2D eigenvalue weighted by Gasteiger charge is 2.39. The number of fused-ring (bicyclic) bond motifs is 1. The normalized spacial score (nSPS) is 22.4. The fourth-order valence-electron chi connectivity index (χ4n) is 9.31. The van der Waals surface area contributed by atoms with Gasteiger partial charge in [0.25, 0.3) is 17.1 Å². The van der Waals surface area contributed by atoms with Gasteiger partial charge in [0.05, 0.1) is 109 Å². The van der Waals surface area contributed by atoms with E-state index in [2.05, 4.69) is 0 Å². The molecule has 85 heavy (non-hydrogen) atoms. The summed E-state index contributed by atoms with van der Waals surface area (Å²) >= 11 is 0. The number of carbonyl (C=O) groups is 3. The largest absolute Gasteiger partial charge is 0.509 e. The number of methoxy groups -OCH3 is 3. The molecule has 0 bridgehead atoms. The minimum absolute atomic E-state index is 0.0321. The molecule has 0 spiro atoms. The van der Waals surface area contributed by atoms with Crippen LogP contribution in [0.15, 0.2) is 66.7 Å². The quantitative estimate of drug-likeness (QED) is 0.0310. The molecular formula is C55H67N3O27. The fraction of sp³-hybridized carbons (Fsp3) is 0.509. The Labute approximate surface area is 485 Å². The molecule has 4 aromatic carbocycles. The Balaban J connectivity index is 0.000000206. The van der Waals surface area contributed by atoms with Crippen molar-refractivity contribution in [1.29, 1.82) is 0 Å². The lowest BCUT2D eigenvalue weighted by molar-refractivity contribution is -0.386. The number of nitrogens with zero attached hydrogens (tertiary/aromatic N) is 3. The Morgan fingerprint density at radius 1 is 0.553 bits per heavy atom. The number of rotatable bonds is 21. The van der Waals surface area contributed by atoms with Crippen molar-refractivity contribution < 1.29 is 116 Å². The number of nitro benzene ring substituents is 3. The molecule has 4 aromatic rings. The standard InChI is InChI=1S/C23H27NO9.C16H19NO9.C16H21NO9/c1-14-9-21(22(12-25)31-14)33-23(26)32-15(2)17-10-19(29-3)20(11-18(17)24(27)28)30-13-16-7-5-4-6-8-16;1-8-3-14(15(6-18)24-8)26-16(19)25-9(2)10-4-12-13(23-7-22-12)5-11(10)17(20)21;1-9-4-14(15(7-18)25-9)26-16(19)24-8-10-5-12(22-2)13(23-3)6-11(10)17(20)21/h4-8,10-11,14-15,21-22,25H,9,12-13H2,1-3H3;4-5,8-9,14-15,18H,3,6-7H2,1-2H3;5-6,9,14-15,18H,4,7-8H2,1-3H3/t14-,15?,21-,22+;8-,9?,14-,15+;9-,14-,15+/m111/s1. The van der Waals surface area contributed by atoms with Gasteiger partial charge in [0.15, 0.2) is 34.5 Å². The smallest absolute Gasteiger partial charge is 0.493 e. The molecule has 11 atom stereocenters. The van der Waals surface area contributed by atoms with Crippen LogP contribution in [0.5, 0.6) is 34.5 Å². The van der Waals surface area contributed by atoms with Crippen molar-refractivity contribution in [1.82, 2.24) is 0 Å². The van der Waals surface area contributed by atoms with Crippen molar-refractivity contribution in [3.63, 3.8) is 0 Å². The maximum Gasteiger partial charge on any atom is 0.509 e. The van der Waals surface area contributed by atoms with E-state index >= 15 is 0 Å². The molecule has 8 rings (SSSR count). The number of aliphatic hydroxyl groups excluding tert-OH is 3. The summed E-state index contributed by atoms with van der Waals surface area (Å²) in [6.07, 6.45) is -8.01. The maximum absolute atomic E-state index is 12.3. The summed E-state index contributed by atoms with van der Waals surface area (Å²) in [5.41, 5.74) is 0.477. The molecule has 464 valence electrons. The average molecular weight is 1200 g/mol. The van der Waals surface area contributed by atoms with Gasteiger partial charge in [-0.1, -0.05) is 30.3 Å². The second-order valence-electron chi connectivity index (χ2n) is 19.4. The van der Waals surface area contributed by atoms with Gasteiger partial charge in [0.2, 0.25) is 6.79 Å². The van der Waals surface area contributed by atoms with Gasteiger partial charge in [-0.2, -0.15) is 0 Å². The first kappa shape index (κ1) is 65.6. The second-order valence-corrected chi connectivity index (χ2v) is 19.4. The van der Waals surface area contributed by atoms with Gasteiger partial charge in [-0.3, -0.25) is 30.3 Å². The molecule has 0 aliphatic carbocycles. The van der Waals surface area contributed by atoms with Gasteiger partial charge >= 0.3 is 18.5 Å². The summed E-state index contributed by atoms with van der Waals surface area (Å²) in [5.74, 6) is 1.51. The van der Waals surface area contributed by atoms with Gasteiger partial charge in [-0.05, 0) is 58.4 Å². The Morgan fingerprint density at radius 3 is 1.42 bits per heavy atom. The molecule has 30 nitrogen and oxygen atoms in total. The third kappa shape index (κ3) is 17.7. The molecule has 4 heterocycles. The third-order valence-electron chi connectivity index (χ3n) is 13.5. The number of benzene rings is 4. The van der Waals surface area contributed by atoms with Crippen LogP contribution in [0.3, 0.4) is 0 Å². The van der Waals surface area contributed by atoms with Crippen molar-refractivity contribution in [3.05, 3.63) is 119 Å². The van der Waals surface area contributed by atoms with Crippen LogP contribution < -0.4 is 28.4 Å². The molecule has 3 fully saturated rings. The average Bonchev–Trinajstić information content (AvgIpc) is 4.31. The van der Waals surface area contributed by atoms with Crippen LogP contribution >= 0.6 is 0 Å². The zero-order chi connectivity index (χ0) is 62.1. The Bertz CT molecular complexity index is 2950. The minimum Gasteiger partial charge on any atom is -0.493 e. The minimum atomic E-state index is -1.01. The summed E-state index contributed by atoms with van der Waals surface area (Å²) in [5, 5.41) is 62.1. The topological polar surface area (TPSA) is 380 Å². The molecule has 4 aliphatic rings. The zero-order valence-corrected chi connectivity index (χ0v) is 47.5. The monoisotopic (exact) mass is 1200 g/mol. The van der Waals surface area contributed by atoms with E-state index in [0.29, 0.717) is 25.0 Å². The van der Waals surface area contributed by atoms with Gasteiger partial charge in [-0.15, -0.1) is 0 Å². The van der Waals surface area contributed by atoms with Crippen molar-refractivity contribution in [2.75, 3.05) is 47.9 Å². The van der Waals surface area contributed by atoms with Crippen LogP contribution in [0.4, 0.5) is 31.4 Å². The van der Waals surface area contributed by atoms with Crippen molar-refractivity contribution in [3.8, 4) is 34.5 Å². The summed E-state index contributed by atoms with van der Waals surface area (Å²) < 4.78 is 78.9. The maximum atomic E-state index is 12.3. The molecule has 0 saturated carbocycles. The Kier molecular flexibility index (Phi) is 23.8. The summed E-state index contributed by atoms with van der Waals surface area (Å²) in [4.78, 5) is 68.7. The van der Waals surface area contributed by atoms with Crippen molar-refractivity contribution >= 4 is 35.5 Å². The van der Waals surface area contributed by atoms with Gasteiger partial charge in [-0.25, -0.2) is 14.4 Å². The Hall–Kier alpha value is -8.55. The van der Waals surface area contributed by atoms with Gasteiger partial charge < -0.3 is 86.4 Å². The highest BCUT2D eigenvalue weighted by molar-refractivity contribution is 5.64. The molecule has 0 amide bonds. The fourth-order valence-corrected chi connectivity index (χ4v) is 9.31. The number of aliphatic hydroxyl groups is 3. The van der Waals surface area contributed by atoms with Crippen LogP contribution in [-0.4, -0.2) is 151 Å². The van der Waals surface area contributed by atoms with E-state index in [1.807, 2.05) is 30.3 Å². The first-order valence-electron chi connectivity index (χ1n) is 26.5.